The summed E-state index contributed by atoms with van der Waals surface area (Å²) < 4.78 is 0. The summed E-state index contributed by atoms with van der Waals surface area (Å²) in [5, 5.41) is -0.532. The van der Waals surface area contributed by atoms with Crippen molar-refractivity contribution >= 4 is 17.5 Å². The van der Waals surface area contributed by atoms with Gasteiger partial charge in [0.05, 0.1) is 7.11 Å². The molecule has 0 fully saturated rings. The number of alkyl halides is 1. The van der Waals surface area contributed by atoms with Crippen LogP contribution in [0.3, 0.4) is 0 Å². The molecule has 0 aliphatic rings. The number of carbonyl (C=O) groups is 1. The van der Waals surface area contributed by atoms with Crippen LogP contribution in [0.15, 0.2) is 0 Å². The van der Waals surface area contributed by atoms with Gasteiger partial charge in [-0.05, 0) is 6.92 Å². The summed E-state index contributed by atoms with van der Waals surface area (Å²) >= 11 is 5.31. The summed E-state index contributed by atoms with van der Waals surface area (Å²) in [7, 11) is 1.36. The highest BCUT2D eigenvalue weighted by Gasteiger charge is 2.05. The monoisotopic (exact) mass is 137 g/mol. The van der Waals surface area contributed by atoms with E-state index < -0.39 is 5.38 Å². The first-order valence-electron chi connectivity index (χ1n) is 2.15. The Bertz CT molecular complexity index is 84.1. The van der Waals surface area contributed by atoms with Gasteiger partial charge in [-0.15, -0.1) is 11.6 Å². The van der Waals surface area contributed by atoms with Gasteiger partial charge < -0.3 is 0 Å². The van der Waals surface area contributed by atoms with Gasteiger partial charge in [0.2, 0.25) is 0 Å². The average molecular weight is 138 g/mol. The molecule has 0 rings (SSSR count). The number of amides is 1. The van der Waals surface area contributed by atoms with E-state index in [1.54, 1.807) is 6.92 Å². The summed E-state index contributed by atoms with van der Waals surface area (Å²) in [5.41, 5.74) is 2.07. The second-order valence-corrected chi connectivity index (χ2v) is 1.94. The molecule has 4 heteroatoms. The van der Waals surface area contributed by atoms with E-state index in [2.05, 4.69) is 10.3 Å². The fraction of sp³-hybridized carbons (Fsp3) is 0.750. The normalized spacial score (nSPS) is 12.9. The van der Waals surface area contributed by atoms with Gasteiger partial charge in [0.15, 0.2) is 0 Å². The van der Waals surface area contributed by atoms with Gasteiger partial charge in [-0.25, -0.2) is 5.48 Å². The van der Waals surface area contributed by atoms with Crippen molar-refractivity contribution in [3.63, 3.8) is 0 Å². The number of hydroxylamine groups is 1. The SMILES string of the molecule is CONC(=O)C(C)Cl. The molecule has 1 atom stereocenters. The minimum Gasteiger partial charge on any atom is -0.277 e. The Labute approximate surface area is 52.9 Å². The van der Waals surface area contributed by atoms with E-state index in [1.807, 2.05) is 0 Å². The number of hydrogen-bond acceptors (Lipinski definition) is 2. The molecule has 1 unspecified atom stereocenters. The minimum atomic E-state index is -0.532. The van der Waals surface area contributed by atoms with Crippen molar-refractivity contribution in [2.75, 3.05) is 7.11 Å². The van der Waals surface area contributed by atoms with Crippen molar-refractivity contribution in [2.24, 2.45) is 0 Å². The first-order chi connectivity index (χ1) is 3.68. The lowest BCUT2D eigenvalue weighted by Gasteiger charge is -2.00. The predicted octanol–water partition coefficient (Wildman–Crippen LogP) is 0.291. The largest absolute Gasteiger partial charge is 0.277 e. The van der Waals surface area contributed by atoms with Crippen molar-refractivity contribution in [1.29, 1.82) is 0 Å². The van der Waals surface area contributed by atoms with Crippen molar-refractivity contribution in [3.05, 3.63) is 0 Å². The highest BCUT2D eigenvalue weighted by molar-refractivity contribution is 6.30. The molecule has 0 bridgehead atoms. The molecule has 1 amide bonds. The third kappa shape index (κ3) is 2.82. The van der Waals surface area contributed by atoms with Crippen LogP contribution in [0.5, 0.6) is 0 Å². The highest BCUT2D eigenvalue weighted by atomic mass is 35.5. The van der Waals surface area contributed by atoms with E-state index in [0.717, 1.165) is 0 Å². The molecule has 0 radical (unpaired) electrons. The van der Waals surface area contributed by atoms with E-state index in [-0.39, 0.29) is 5.91 Å². The Hall–Kier alpha value is -0.280. The Kier molecular flexibility index (Phi) is 3.56. The molecule has 0 aliphatic heterocycles. The van der Waals surface area contributed by atoms with Gasteiger partial charge in [-0.2, -0.15) is 0 Å². The van der Waals surface area contributed by atoms with Gasteiger partial charge >= 0.3 is 0 Å². The molecule has 3 nitrogen and oxygen atoms in total. The van der Waals surface area contributed by atoms with Gasteiger partial charge in [0, 0.05) is 0 Å². The summed E-state index contributed by atoms with van der Waals surface area (Å²) in [5.74, 6) is -0.325. The molecule has 0 aromatic rings. The minimum absolute atomic E-state index is 0.325. The molecular formula is C4H8ClNO2. The molecule has 0 aromatic heterocycles. The van der Waals surface area contributed by atoms with Crippen LogP contribution in [0.25, 0.3) is 0 Å². The Morgan fingerprint density at radius 2 is 2.38 bits per heavy atom. The average Bonchev–Trinajstić information content (AvgIpc) is 1.67. The second-order valence-electron chi connectivity index (χ2n) is 1.29. The zero-order valence-corrected chi connectivity index (χ0v) is 5.53. The van der Waals surface area contributed by atoms with Crippen LogP contribution in [0, 0.1) is 0 Å². The lowest BCUT2D eigenvalue weighted by atomic mass is 10.5. The van der Waals surface area contributed by atoms with E-state index in [9.17, 15) is 4.79 Å². The van der Waals surface area contributed by atoms with E-state index in [0.29, 0.717) is 0 Å². The van der Waals surface area contributed by atoms with E-state index in [4.69, 9.17) is 11.6 Å². The standard InChI is InChI=1S/C4H8ClNO2/c1-3(5)4(7)6-8-2/h3H,1-2H3,(H,6,7). The van der Waals surface area contributed by atoms with Gasteiger partial charge in [-0.3, -0.25) is 9.63 Å². The van der Waals surface area contributed by atoms with Gasteiger partial charge in [0.1, 0.15) is 5.38 Å². The molecule has 0 saturated heterocycles. The van der Waals surface area contributed by atoms with Crippen LogP contribution >= 0.6 is 11.6 Å². The van der Waals surface area contributed by atoms with Crippen LogP contribution in [0.2, 0.25) is 0 Å². The van der Waals surface area contributed by atoms with Gasteiger partial charge in [-0.1, -0.05) is 0 Å². The van der Waals surface area contributed by atoms with Crippen LogP contribution in [-0.2, 0) is 9.63 Å². The van der Waals surface area contributed by atoms with Crippen LogP contribution in [-0.4, -0.2) is 18.4 Å². The van der Waals surface area contributed by atoms with E-state index >= 15 is 0 Å². The fourth-order valence-electron chi connectivity index (χ4n) is 0.182. The number of nitrogens with one attached hydrogen (secondary N) is 1. The zero-order valence-electron chi connectivity index (χ0n) is 4.77. The summed E-state index contributed by atoms with van der Waals surface area (Å²) in [6.07, 6.45) is 0. The summed E-state index contributed by atoms with van der Waals surface area (Å²) in [4.78, 5) is 14.7. The third-order valence-corrected chi connectivity index (χ3v) is 0.762. The lowest BCUT2D eigenvalue weighted by Crippen LogP contribution is -2.28. The number of carbonyl (C=O) groups excluding carboxylic acids is 1. The smallest absolute Gasteiger partial charge is 0.261 e. The summed E-state index contributed by atoms with van der Waals surface area (Å²) in [6, 6.07) is 0. The molecule has 0 spiro atoms. The number of rotatable bonds is 2. The molecular weight excluding hydrogens is 130 g/mol. The Morgan fingerprint density at radius 1 is 1.88 bits per heavy atom. The first-order valence-corrected chi connectivity index (χ1v) is 2.59. The van der Waals surface area contributed by atoms with Crippen molar-refractivity contribution in [2.45, 2.75) is 12.3 Å². The fourth-order valence-corrected chi connectivity index (χ4v) is 0.226. The van der Waals surface area contributed by atoms with Crippen LogP contribution in [0.1, 0.15) is 6.92 Å². The molecule has 8 heavy (non-hydrogen) atoms. The third-order valence-electron chi connectivity index (χ3n) is 0.564. The molecule has 48 valence electrons. The molecule has 0 aliphatic carbocycles. The molecule has 0 heterocycles. The number of halogens is 1. The summed E-state index contributed by atoms with van der Waals surface area (Å²) in [6.45, 7) is 1.57. The van der Waals surface area contributed by atoms with Crippen LogP contribution < -0.4 is 5.48 Å². The maximum absolute atomic E-state index is 10.4. The van der Waals surface area contributed by atoms with Crippen LogP contribution in [0.4, 0.5) is 0 Å². The zero-order chi connectivity index (χ0) is 6.57. The van der Waals surface area contributed by atoms with Crippen molar-refractivity contribution in [3.8, 4) is 0 Å². The molecule has 0 aromatic carbocycles. The first kappa shape index (κ1) is 7.72. The lowest BCUT2D eigenvalue weighted by molar-refractivity contribution is -0.130. The predicted molar refractivity (Wildman–Crippen MR) is 30.5 cm³/mol. The van der Waals surface area contributed by atoms with Crippen molar-refractivity contribution in [1.82, 2.24) is 5.48 Å². The van der Waals surface area contributed by atoms with Crippen molar-refractivity contribution < 1.29 is 9.63 Å². The maximum atomic E-state index is 10.4. The topological polar surface area (TPSA) is 38.3 Å². The van der Waals surface area contributed by atoms with E-state index in [1.165, 1.54) is 7.11 Å². The number of hydrogen-bond donors (Lipinski definition) is 1. The molecule has 0 saturated carbocycles. The second kappa shape index (κ2) is 3.69. The molecule has 1 N–H and O–H groups in total. The highest BCUT2D eigenvalue weighted by Crippen LogP contribution is 1.90. The quantitative estimate of drug-likeness (QED) is 0.439. The Balaban J connectivity index is 3.33. The Morgan fingerprint density at radius 3 is 2.50 bits per heavy atom. The van der Waals surface area contributed by atoms with Gasteiger partial charge in [0.25, 0.3) is 5.91 Å². The maximum Gasteiger partial charge on any atom is 0.261 e.